The van der Waals surface area contributed by atoms with E-state index in [0.717, 1.165) is 17.7 Å². The Bertz CT molecular complexity index is 882. The van der Waals surface area contributed by atoms with Crippen LogP contribution in [-0.4, -0.2) is 44.1 Å². The third-order valence-electron chi connectivity index (χ3n) is 4.51. The summed E-state index contributed by atoms with van der Waals surface area (Å²) >= 11 is 0. The summed E-state index contributed by atoms with van der Waals surface area (Å²) in [6, 6.07) is 10.5. The highest BCUT2D eigenvalue weighted by molar-refractivity contribution is 6.11. The van der Waals surface area contributed by atoms with E-state index >= 15 is 0 Å². The zero-order valence-electron chi connectivity index (χ0n) is 17.7. The minimum absolute atomic E-state index is 0.0278. The highest BCUT2D eigenvalue weighted by Gasteiger charge is 2.41. The second-order valence-corrected chi connectivity index (χ2v) is 6.56. The van der Waals surface area contributed by atoms with Crippen LogP contribution < -0.4 is 10.1 Å². The van der Waals surface area contributed by atoms with Crippen molar-refractivity contribution in [1.29, 1.82) is 0 Å². The van der Waals surface area contributed by atoms with Crippen LogP contribution in [0.2, 0.25) is 0 Å². The number of benzene rings is 2. The molecule has 0 aliphatic heterocycles. The molecule has 0 radical (unpaired) electrons. The Labute approximate surface area is 180 Å². The standard InChI is InChI=1S/C23H26FNO6/c1-4-30-22(27)19(21(26)16-8-10-17(24)11-9-16)20(23(28)31-5-2)25-14-15-6-12-18(29-3)13-7-15/h6-13,19-20,25H,4-5,14H2,1-3H3. The van der Waals surface area contributed by atoms with Crippen molar-refractivity contribution >= 4 is 17.7 Å². The summed E-state index contributed by atoms with van der Waals surface area (Å²) in [6.45, 7) is 3.50. The summed E-state index contributed by atoms with van der Waals surface area (Å²) in [5.41, 5.74) is 0.881. The molecular weight excluding hydrogens is 405 g/mol. The Kier molecular flexibility index (Phi) is 9.14. The Hall–Kier alpha value is -3.26. The summed E-state index contributed by atoms with van der Waals surface area (Å²) in [4.78, 5) is 38.5. The highest BCUT2D eigenvalue weighted by Crippen LogP contribution is 2.19. The second-order valence-electron chi connectivity index (χ2n) is 6.56. The van der Waals surface area contributed by atoms with Gasteiger partial charge in [0.25, 0.3) is 0 Å². The van der Waals surface area contributed by atoms with Gasteiger partial charge in [-0.2, -0.15) is 0 Å². The van der Waals surface area contributed by atoms with Crippen molar-refractivity contribution in [2.24, 2.45) is 5.92 Å². The minimum atomic E-state index is -1.50. The molecule has 0 aliphatic carbocycles. The molecule has 166 valence electrons. The van der Waals surface area contributed by atoms with Gasteiger partial charge in [0.15, 0.2) is 5.78 Å². The number of carbonyl (C=O) groups excluding carboxylic acids is 3. The number of carbonyl (C=O) groups is 3. The molecule has 2 aromatic rings. The van der Waals surface area contributed by atoms with E-state index in [-0.39, 0.29) is 25.3 Å². The molecule has 0 heterocycles. The van der Waals surface area contributed by atoms with Crippen molar-refractivity contribution in [3.05, 3.63) is 65.5 Å². The number of Topliss-reactive ketones (excluding diaryl/α,β-unsaturated/α-hetero) is 1. The molecule has 0 aliphatic rings. The van der Waals surface area contributed by atoms with Crippen molar-refractivity contribution < 1.29 is 33.0 Å². The largest absolute Gasteiger partial charge is 0.497 e. The van der Waals surface area contributed by atoms with Gasteiger partial charge in [0, 0.05) is 12.1 Å². The number of ketones is 1. The lowest BCUT2D eigenvalue weighted by molar-refractivity contribution is -0.155. The number of nitrogens with one attached hydrogen (secondary N) is 1. The van der Waals surface area contributed by atoms with Crippen LogP contribution >= 0.6 is 0 Å². The van der Waals surface area contributed by atoms with Crippen molar-refractivity contribution in [3.63, 3.8) is 0 Å². The minimum Gasteiger partial charge on any atom is -0.497 e. The second kappa shape index (κ2) is 11.8. The normalized spacial score (nSPS) is 12.5. The van der Waals surface area contributed by atoms with Gasteiger partial charge in [-0.1, -0.05) is 12.1 Å². The van der Waals surface area contributed by atoms with Gasteiger partial charge in [-0.05, 0) is 55.8 Å². The first-order valence-electron chi connectivity index (χ1n) is 9.90. The predicted molar refractivity (Wildman–Crippen MR) is 111 cm³/mol. The van der Waals surface area contributed by atoms with E-state index in [4.69, 9.17) is 14.2 Å². The molecular formula is C23H26FNO6. The average molecular weight is 431 g/mol. The van der Waals surface area contributed by atoms with E-state index in [2.05, 4.69) is 5.32 Å². The molecule has 2 rings (SSSR count). The van der Waals surface area contributed by atoms with Crippen LogP contribution in [-0.2, 0) is 25.6 Å². The van der Waals surface area contributed by atoms with Crippen molar-refractivity contribution in [1.82, 2.24) is 5.32 Å². The van der Waals surface area contributed by atoms with E-state index < -0.39 is 35.5 Å². The van der Waals surface area contributed by atoms with Crippen LogP contribution in [0.15, 0.2) is 48.5 Å². The maximum absolute atomic E-state index is 13.3. The van der Waals surface area contributed by atoms with Gasteiger partial charge in [-0.15, -0.1) is 0 Å². The van der Waals surface area contributed by atoms with Crippen LogP contribution in [0, 0.1) is 11.7 Å². The maximum Gasteiger partial charge on any atom is 0.324 e. The van der Waals surface area contributed by atoms with Gasteiger partial charge < -0.3 is 14.2 Å². The molecule has 0 saturated carbocycles. The fourth-order valence-electron chi connectivity index (χ4n) is 2.96. The molecule has 0 spiro atoms. The number of halogens is 1. The zero-order chi connectivity index (χ0) is 22.8. The SMILES string of the molecule is CCOC(=O)C(NCc1ccc(OC)cc1)C(C(=O)OCC)C(=O)c1ccc(F)cc1. The molecule has 31 heavy (non-hydrogen) atoms. The number of esters is 2. The van der Waals surface area contributed by atoms with Gasteiger partial charge in [0.05, 0.1) is 20.3 Å². The monoisotopic (exact) mass is 431 g/mol. The lowest BCUT2D eigenvalue weighted by Crippen LogP contribution is -2.50. The van der Waals surface area contributed by atoms with Crippen molar-refractivity contribution in [2.75, 3.05) is 20.3 Å². The van der Waals surface area contributed by atoms with E-state index in [1.54, 1.807) is 45.2 Å². The maximum atomic E-state index is 13.3. The molecule has 2 aromatic carbocycles. The van der Waals surface area contributed by atoms with Crippen LogP contribution in [0.4, 0.5) is 4.39 Å². The van der Waals surface area contributed by atoms with E-state index in [0.29, 0.717) is 5.75 Å². The number of hydrogen-bond acceptors (Lipinski definition) is 7. The first-order chi connectivity index (χ1) is 14.9. The predicted octanol–water partition coefficient (Wildman–Crippen LogP) is 2.92. The van der Waals surface area contributed by atoms with Gasteiger partial charge >= 0.3 is 11.9 Å². The summed E-state index contributed by atoms with van der Waals surface area (Å²) in [5.74, 6) is -3.64. The summed E-state index contributed by atoms with van der Waals surface area (Å²) in [7, 11) is 1.55. The molecule has 0 amide bonds. The molecule has 8 heteroatoms. The quantitative estimate of drug-likeness (QED) is 0.332. The first kappa shape index (κ1) is 24.0. The van der Waals surface area contributed by atoms with Crippen molar-refractivity contribution in [2.45, 2.75) is 26.4 Å². The summed E-state index contributed by atoms with van der Waals surface area (Å²) in [5, 5.41) is 2.95. The molecule has 2 unspecified atom stereocenters. The molecule has 1 N–H and O–H groups in total. The zero-order valence-corrected chi connectivity index (χ0v) is 17.7. The average Bonchev–Trinajstić information content (AvgIpc) is 2.77. The van der Waals surface area contributed by atoms with Gasteiger partial charge in [-0.3, -0.25) is 19.7 Å². The smallest absolute Gasteiger partial charge is 0.324 e. The fraction of sp³-hybridized carbons (Fsp3) is 0.348. The number of ether oxygens (including phenoxy) is 3. The van der Waals surface area contributed by atoms with E-state index in [1.807, 2.05) is 0 Å². The molecule has 2 atom stereocenters. The van der Waals surface area contributed by atoms with Gasteiger partial charge in [0.2, 0.25) is 0 Å². The van der Waals surface area contributed by atoms with Gasteiger partial charge in [0.1, 0.15) is 23.5 Å². The lowest BCUT2D eigenvalue weighted by atomic mass is 9.90. The topological polar surface area (TPSA) is 90.9 Å². The Morgan fingerprint density at radius 3 is 2.03 bits per heavy atom. The molecule has 0 aromatic heterocycles. The third-order valence-corrected chi connectivity index (χ3v) is 4.51. The summed E-state index contributed by atoms with van der Waals surface area (Å²) < 4.78 is 28.6. The van der Waals surface area contributed by atoms with Crippen molar-refractivity contribution in [3.8, 4) is 5.75 Å². The molecule has 0 fully saturated rings. The van der Waals surface area contributed by atoms with Crippen LogP contribution in [0.1, 0.15) is 29.8 Å². The Morgan fingerprint density at radius 2 is 1.48 bits per heavy atom. The van der Waals surface area contributed by atoms with Crippen LogP contribution in [0.25, 0.3) is 0 Å². The number of methoxy groups -OCH3 is 1. The number of rotatable bonds is 11. The third kappa shape index (κ3) is 6.62. The van der Waals surface area contributed by atoms with Gasteiger partial charge in [-0.25, -0.2) is 4.39 Å². The molecule has 0 bridgehead atoms. The lowest BCUT2D eigenvalue weighted by Gasteiger charge is -2.24. The van der Waals surface area contributed by atoms with Crippen LogP contribution in [0.3, 0.4) is 0 Å². The first-order valence-corrected chi connectivity index (χ1v) is 9.90. The fourth-order valence-corrected chi connectivity index (χ4v) is 2.96. The number of hydrogen-bond donors (Lipinski definition) is 1. The molecule has 0 saturated heterocycles. The Balaban J connectivity index is 2.34. The molecule has 7 nitrogen and oxygen atoms in total. The van der Waals surface area contributed by atoms with Crippen LogP contribution in [0.5, 0.6) is 5.75 Å². The highest BCUT2D eigenvalue weighted by atomic mass is 19.1. The summed E-state index contributed by atoms with van der Waals surface area (Å²) in [6.07, 6.45) is 0. The van der Waals surface area contributed by atoms with E-state index in [1.165, 1.54) is 12.1 Å². The Morgan fingerprint density at radius 1 is 0.903 bits per heavy atom. The van der Waals surface area contributed by atoms with E-state index in [9.17, 15) is 18.8 Å².